The highest BCUT2D eigenvalue weighted by Crippen LogP contribution is 2.32. The number of carboxylic acids is 1. The van der Waals surface area contributed by atoms with E-state index in [0.29, 0.717) is 27.5 Å². The third-order valence-corrected chi connectivity index (χ3v) is 5.21. The van der Waals surface area contributed by atoms with Gasteiger partial charge in [0.25, 0.3) is 5.56 Å². The molecule has 0 bridgehead atoms. The molecule has 25 heavy (non-hydrogen) atoms. The molecule has 0 saturated carbocycles. The summed E-state index contributed by atoms with van der Waals surface area (Å²) in [5.74, 6) is -0.539. The van der Waals surface area contributed by atoms with Gasteiger partial charge in [0.2, 0.25) is 0 Å². The van der Waals surface area contributed by atoms with Crippen LogP contribution in [0.2, 0.25) is 5.02 Å². The molecule has 0 aliphatic heterocycles. The number of halogens is 1. The summed E-state index contributed by atoms with van der Waals surface area (Å²) in [7, 11) is 0. The molecule has 1 atom stereocenters. The smallest absolute Gasteiger partial charge is 0.326 e. The lowest BCUT2D eigenvalue weighted by Gasteiger charge is -2.16. The fourth-order valence-corrected chi connectivity index (χ4v) is 3.88. The molecule has 1 unspecified atom stereocenters. The average Bonchev–Trinajstić information content (AvgIpc) is 2.99. The molecule has 0 aliphatic rings. The molecule has 3 rings (SSSR count). The van der Waals surface area contributed by atoms with Crippen LogP contribution in [0.4, 0.5) is 0 Å². The molecule has 2 heterocycles. The molecular formula is C18H17ClN2O3S. The number of fused-ring (bicyclic) bond motifs is 1. The maximum atomic E-state index is 13.1. The molecule has 0 saturated heterocycles. The molecule has 0 fully saturated rings. The van der Waals surface area contributed by atoms with Gasteiger partial charge in [0, 0.05) is 22.4 Å². The van der Waals surface area contributed by atoms with Crippen LogP contribution < -0.4 is 5.56 Å². The van der Waals surface area contributed by atoms with Gasteiger partial charge in [-0.15, -0.1) is 11.3 Å². The third kappa shape index (κ3) is 3.19. The summed E-state index contributed by atoms with van der Waals surface area (Å²) >= 11 is 7.33. The molecule has 0 aliphatic carbocycles. The molecule has 3 aromatic rings. The van der Waals surface area contributed by atoms with Gasteiger partial charge in [-0.3, -0.25) is 9.36 Å². The number of nitrogens with zero attached hydrogens (tertiary/aromatic N) is 2. The molecular weight excluding hydrogens is 360 g/mol. The zero-order valence-corrected chi connectivity index (χ0v) is 15.4. The van der Waals surface area contributed by atoms with Crippen LogP contribution in [0.1, 0.15) is 32.1 Å². The van der Waals surface area contributed by atoms with Crippen LogP contribution in [0.5, 0.6) is 0 Å². The third-order valence-electron chi connectivity index (χ3n) is 4.09. The number of benzene rings is 1. The van der Waals surface area contributed by atoms with E-state index < -0.39 is 12.0 Å². The summed E-state index contributed by atoms with van der Waals surface area (Å²) in [4.78, 5) is 29.8. The first kappa shape index (κ1) is 17.6. The lowest BCUT2D eigenvalue weighted by Crippen LogP contribution is -2.31. The summed E-state index contributed by atoms with van der Waals surface area (Å²) < 4.78 is 1.31. The Labute approximate surface area is 153 Å². The molecule has 2 aromatic heterocycles. The topological polar surface area (TPSA) is 72.2 Å². The van der Waals surface area contributed by atoms with E-state index in [1.165, 1.54) is 22.8 Å². The zero-order valence-electron chi connectivity index (χ0n) is 13.8. The number of hydrogen-bond acceptors (Lipinski definition) is 4. The van der Waals surface area contributed by atoms with Crippen molar-refractivity contribution < 1.29 is 9.90 Å². The van der Waals surface area contributed by atoms with E-state index in [1.807, 2.05) is 24.4 Å². The van der Waals surface area contributed by atoms with Crippen molar-refractivity contribution >= 4 is 39.1 Å². The molecule has 1 N–H and O–H groups in total. The van der Waals surface area contributed by atoms with Crippen LogP contribution in [-0.4, -0.2) is 20.6 Å². The highest BCUT2D eigenvalue weighted by Gasteiger charge is 2.23. The number of aliphatic carboxylic acids is 1. The van der Waals surface area contributed by atoms with Gasteiger partial charge in [0.05, 0.1) is 5.39 Å². The van der Waals surface area contributed by atoms with Crippen LogP contribution in [0.3, 0.4) is 0 Å². The summed E-state index contributed by atoms with van der Waals surface area (Å²) in [5, 5.41) is 12.3. The second-order valence-electron chi connectivity index (χ2n) is 5.80. The number of aryl methyl sites for hydroxylation is 1. The molecule has 130 valence electrons. The van der Waals surface area contributed by atoms with E-state index in [1.54, 1.807) is 12.1 Å². The Morgan fingerprint density at radius 3 is 2.64 bits per heavy atom. The van der Waals surface area contributed by atoms with Gasteiger partial charge in [0.1, 0.15) is 16.7 Å². The minimum Gasteiger partial charge on any atom is -0.480 e. The number of carboxylic acid groups (broad SMARTS) is 1. The van der Waals surface area contributed by atoms with Crippen LogP contribution in [0, 0.1) is 0 Å². The van der Waals surface area contributed by atoms with Crippen LogP contribution >= 0.6 is 22.9 Å². The highest BCUT2D eigenvalue weighted by atomic mass is 35.5. The van der Waals surface area contributed by atoms with Crippen molar-refractivity contribution in [2.24, 2.45) is 0 Å². The lowest BCUT2D eigenvalue weighted by atomic mass is 10.1. The zero-order chi connectivity index (χ0) is 18.1. The van der Waals surface area contributed by atoms with Crippen molar-refractivity contribution in [2.75, 3.05) is 0 Å². The molecule has 0 amide bonds. The summed E-state index contributed by atoms with van der Waals surface area (Å²) in [6, 6.07) is 6.24. The molecule has 5 nitrogen and oxygen atoms in total. The van der Waals surface area contributed by atoms with E-state index >= 15 is 0 Å². The lowest BCUT2D eigenvalue weighted by molar-refractivity contribution is -0.140. The Hall–Kier alpha value is -2.18. The Morgan fingerprint density at radius 2 is 2.04 bits per heavy atom. The number of hydrogen-bond donors (Lipinski definition) is 1. The largest absolute Gasteiger partial charge is 0.480 e. The Balaban J connectivity index is 2.30. The minimum atomic E-state index is -1.05. The van der Waals surface area contributed by atoms with Gasteiger partial charge in [-0.1, -0.05) is 30.7 Å². The first-order chi connectivity index (χ1) is 11.9. The van der Waals surface area contributed by atoms with E-state index in [-0.39, 0.29) is 5.56 Å². The van der Waals surface area contributed by atoms with Crippen molar-refractivity contribution in [2.45, 2.75) is 32.7 Å². The maximum Gasteiger partial charge on any atom is 0.326 e. The minimum absolute atomic E-state index is 0.311. The molecule has 7 heteroatoms. The fraction of sp³-hybridized carbons (Fsp3) is 0.278. The Morgan fingerprint density at radius 1 is 1.36 bits per heavy atom. The van der Waals surface area contributed by atoms with Crippen molar-refractivity contribution in [1.29, 1.82) is 0 Å². The van der Waals surface area contributed by atoms with Gasteiger partial charge in [-0.2, -0.15) is 0 Å². The van der Waals surface area contributed by atoms with E-state index in [2.05, 4.69) is 4.98 Å². The number of rotatable bonds is 5. The molecule has 0 spiro atoms. The van der Waals surface area contributed by atoms with Gasteiger partial charge in [-0.05, 0) is 31.0 Å². The van der Waals surface area contributed by atoms with E-state index in [4.69, 9.17) is 11.6 Å². The normalized spacial score (nSPS) is 12.4. The predicted molar refractivity (Wildman–Crippen MR) is 101 cm³/mol. The number of thiophene rings is 1. The van der Waals surface area contributed by atoms with Crippen LogP contribution in [0.15, 0.2) is 34.4 Å². The van der Waals surface area contributed by atoms with Crippen molar-refractivity contribution in [3.63, 3.8) is 0 Å². The summed E-state index contributed by atoms with van der Waals surface area (Å²) in [5.41, 5.74) is 1.30. The first-order valence-electron chi connectivity index (χ1n) is 7.95. The predicted octanol–water partition coefficient (Wildman–Crippen LogP) is 4.38. The second-order valence-corrected chi connectivity index (χ2v) is 7.10. The first-order valence-corrected chi connectivity index (χ1v) is 9.21. The van der Waals surface area contributed by atoms with Gasteiger partial charge >= 0.3 is 5.97 Å². The van der Waals surface area contributed by atoms with Crippen LogP contribution in [0.25, 0.3) is 21.3 Å². The number of carbonyl (C=O) groups is 1. The Bertz CT molecular complexity index is 992. The highest BCUT2D eigenvalue weighted by molar-refractivity contribution is 7.17. The van der Waals surface area contributed by atoms with E-state index in [0.717, 1.165) is 17.5 Å². The number of aromatic nitrogens is 2. The van der Waals surface area contributed by atoms with Gasteiger partial charge < -0.3 is 5.11 Å². The van der Waals surface area contributed by atoms with Crippen molar-refractivity contribution in [3.8, 4) is 11.1 Å². The quantitative estimate of drug-likeness (QED) is 0.717. The second kappa shape index (κ2) is 6.98. The molecule has 0 radical (unpaired) electrons. The standard InChI is InChI=1S/C18H17ClN2O3S/c1-3-4-14-20-16-15(17(22)21(14)10(2)18(23)24)13(9-25-16)11-5-7-12(19)8-6-11/h5-10H,3-4H2,1-2H3,(H,23,24). The van der Waals surface area contributed by atoms with Crippen LogP contribution in [-0.2, 0) is 11.2 Å². The SMILES string of the molecule is CCCc1nc2scc(-c3ccc(Cl)cc3)c2c(=O)n1C(C)C(=O)O. The van der Waals surface area contributed by atoms with Crippen molar-refractivity contribution in [3.05, 3.63) is 50.8 Å². The van der Waals surface area contributed by atoms with Crippen molar-refractivity contribution in [1.82, 2.24) is 9.55 Å². The molecule has 1 aromatic carbocycles. The summed E-state index contributed by atoms with van der Waals surface area (Å²) in [6.45, 7) is 3.48. The van der Waals surface area contributed by atoms with Gasteiger partial charge in [0.15, 0.2) is 0 Å². The fourth-order valence-electron chi connectivity index (χ4n) is 2.80. The average molecular weight is 377 g/mol. The monoisotopic (exact) mass is 376 g/mol. The Kier molecular flexibility index (Phi) is 4.92. The van der Waals surface area contributed by atoms with Gasteiger partial charge in [-0.25, -0.2) is 9.78 Å². The van der Waals surface area contributed by atoms with E-state index in [9.17, 15) is 14.7 Å². The summed E-state index contributed by atoms with van der Waals surface area (Å²) in [6.07, 6.45) is 1.33. The maximum absolute atomic E-state index is 13.1.